The van der Waals surface area contributed by atoms with Gasteiger partial charge < -0.3 is 9.47 Å². The number of carbonyl (C=O) groups excluding carboxylic acids is 2. The number of benzene rings is 8. The molecule has 0 aliphatic heterocycles. The molecule has 0 bridgehead atoms. The first-order valence-electron chi connectivity index (χ1n) is 17.9. The lowest BCUT2D eigenvalue weighted by atomic mass is 9.84. The first-order valence-corrected chi connectivity index (χ1v) is 17.9. The summed E-state index contributed by atoms with van der Waals surface area (Å²) in [5.41, 5.74) is 0.906. The van der Waals surface area contributed by atoms with E-state index >= 15 is 0 Å². The molecule has 0 amide bonds. The number of fused-ring (bicyclic) bond motifs is 2. The van der Waals surface area contributed by atoms with Gasteiger partial charge in [-0.25, -0.2) is 9.59 Å². The molecule has 0 saturated carbocycles. The molecule has 4 nitrogen and oxygen atoms in total. The van der Waals surface area contributed by atoms with Crippen LogP contribution in [0.25, 0.3) is 54.9 Å². The molecule has 0 fully saturated rings. The van der Waals surface area contributed by atoms with Crippen LogP contribution in [0, 0.1) is 0 Å². The summed E-state index contributed by atoms with van der Waals surface area (Å²) in [5, 5.41) is 2.24. The Balaban J connectivity index is 1.45. The molecule has 0 atom stereocenters. The van der Waals surface area contributed by atoms with Crippen molar-refractivity contribution in [2.24, 2.45) is 0 Å². The molecule has 286 valence electrons. The summed E-state index contributed by atoms with van der Waals surface area (Å²) in [7, 11) is 0. The summed E-state index contributed by atoms with van der Waals surface area (Å²) < 4.78 is 93.5. The van der Waals surface area contributed by atoms with Crippen molar-refractivity contribution >= 4 is 33.5 Å². The Morgan fingerprint density at radius 2 is 0.724 bits per heavy atom. The van der Waals surface area contributed by atoms with E-state index in [1.807, 2.05) is 84.9 Å². The lowest BCUT2D eigenvalue weighted by Crippen LogP contribution is -2.13. The van der Waals surface area contributed by atoms with Gasteiger partial charge in [-0.2, -0.15) is 26.3 Å². The van der Waals surface area contributed by atoms with E-state index in [9.17, 15) is 35.9 Å². The highest BCUT2D eigenvalue weighted by Gasteiger charge is 2.33. The van der Waals surface area contributed by atoms with Gasteiger partial charge in [-0.15, -0.1) is 0 Å². The van der Waals surface area contributed by atoms with Gasteiger partial charge in [0, 0.05) is 21.9 Å². The van der Waals surface area contributed by atoms with Crippen molar-refractivity contribution in [2.75, 3.05) is 0 Å². The third-order valence-corrected chi connectivity index (χ3v) is 9.71. The fourth-order valence-electron chi connectivity index (χ4n) is 6.92. The largest absolute Gasteiger partial charge is 0.422 e. The SMILES string of the molecule is O=C(Oc1c(-c2c(-c3ccccc3)cc3ccccc3c2OC(=O)c2ccc(C(F)(F)F)cc2)c(-c2ccccc2)cc2ccccc12)c1ccc(C(F)(F)F)cc1. The van der Waals surface area contributed by atoms with Gasteiger partial charge in [0.05, 0.1) is 22.3 Å². The van der Waals surface area contributed by atoms with E-state index in [2.05, 4.69) is 0 Å². The van der Waals surface area contributed by atoms with Gasteiger partial charge in [0.1, 0.15) is 11.5 Å². The van der Waals surface area contributed by atoms with Crippen molar-refractivity contribution in [1.82, 2.24) is 0 Å². The molecule has 0 aromatic heterocycles. The van der Waals surface area contributed by atoms with Crippen molar-refractivity contribution in [3.05, 3.63) is 192 Å². The molecule has 58 heavy (non-hydrogen) atoms. The second kappa shape index (κ2) is 15.0. The lowest BCUT2D eigenvalue weighted by Gasteiger charge is -2.24. The molecule has 8 aromatic rings. The molecule has 8 aromatic carbocycles. The predicted molar refractivity (Wildman–Crippen MR) is 211 cm³/mol. The Kier molecular flexibility index (Phi) is 9.78. The van der Waals surface area contributed by atoms with Gasteiger partial charge in [0.2, 0.25) is 0 Å². The lowest BCUT2D eigenvalue weighted by molar-refractivity contribution is -0.138. The maximum absolute atomic E-state index is 14.1. The minimum absolute atomic E-state index is 0.0288. The molecule has 0 spiro atoms. The van der Waals surface area contributed by atoms with Crippen LogP contribution >= 0.6 is 0 Å². The Morgan fingerprint density at radius 1 is 0.397 bits per heavy atom. The summed E-state index contributed by atoms with van der Waals surface area (Å²) in [6, 6.07) is 43.8. The number of carbonyl (C=O) groups is 2. The highest BCUT2D eigenvalue weighted by atomic mass is 19.4. The first-order chi connectivity index (χ1) is 27.9. The topological polar surface area (TPSA) is 52.6 Å². The highest BCUT2D eigenvalue weighted by Crippen LogP contribution is 2.53. The van der Waals surface area contributed by atoms with Gasteiger partial charge >= 0.3 is 24.3 Å². The van der Waals surface area contributed by atoms with Crippen molar-refractivity contribution in [2.45, 2.75) is 12.4 Å². The number of hydrogen-bond donors (Lipinski definition) is 0. The van der Waals surface area contributed by atoms with Gasteiger partial charge in [-0.3, -0.25) is 0 Å². The van der Waals surface area contributed by atoms with E-state index in [4.69, 9.17) is 9.47 Å². The summed E-state index contributed by atoms with van der Waals surface area (Å²) in [6.07, 6.45) is -9.26. The monoisotopic (exact) mass is 782 g/mol. The summed E-state index contributed by atoms with van der Waals surface area (Å²) in [6.45, 7) is 0. The summed E-state index contributed by atoms with van der Waals surface area (Å²) in [5.74, 6) is -1.84. The van der Waals surface area contributed by atoms with E-state index in [0.717, 1.165) is 48.5 Å². The Morgan fingerprint density at radius 3 is 1.07 bits per heavy atom. The van der Waals surface area contributed by atoms with Gasteiger partial charge in [0.15, 0.2) is 0 Å². The van der Waals surface area contributed by atoms with Crippen LogP contribution in [-0.4, -0.2) is 11.9 Å². The van der Waals surface area contributed by atoms with Crippen LogP contribution in [0.3, 0.4) is 0 Å². The van der Waals surface area contributed by atoms with Crippen LogP contribution in [-0.2, 0) is 12.4 Å². The van der Waals surface area contributed by atoms with Crippen molar-refractivity contribution < 1.29 is 45.4 Å². The Bertz CT molecular complexity index is 2620. The van der Waals surface area contributed by atoms with Crippen molar-refractivity contribution in [3.63, 3.8) is 0 Å². The Hall–Kier alpha value is -7.20. The normalized spacial score (nSPS) is 11.8. The summed E-state index contributed by atoms with van der Waals surface area (Å²) >= 11 is 0. The average molecular weight is 783 g/mol. The molecule has 0 saturated heterocycles. The van der Waals surface area contributed by atoms with Crippen LogP contribution in [0.15, 0.2) is 170 Å². The fraction of sp³-hybridized carbons (Fsp3) is 0.0417. The predicted octanol–water partition coefficient (Wildman–Crippen LogP) is 13.5. The third-order valence-electron chi connectivity index (χ3n) is 9.71. The molecular weight excluding hydrogens is 755 g/mol. The van der Waals surface area contributed by atoms with Gasteiger partial charge in [0.25, 0.3) is 0 Å². The van der Waals surface area contributed by atoms with Crippen LogP contribution in [0.1, 0.15) is 31.8 Å². The molecular formula is C48H28F6O4. The van der Waals surface area contributed by atoms with Crippen molar-refractivity contribution in [3.8, 4) is 44.9 Å². The maximum atomic E-state index is 14.1. The zero-order chi connectivity index (χ0) is 40.6. The zero-order valence-corrected chi connectivity index (χ0v) is 30.1. The molecule has 0 aliphatic carbocycles. The van der Waals surface area contributed by atoms with E-state index in [-0.39, 0.29) is 22.6 Å². The van der Waals surface area contributed by atoms with E-state index in [1.54, 1.807) is 36.4 Å². The minimum Gasteiger partial charge on any atom is -0.422 e. The number of rotatable bonds is 7. The zero-order valence-electron chi connectivity index (χ0n) is 30.1. The fourth-order valence-corrected chi connectivity index (χ4v) is 6.92. The Labute approximate surface area is 327 Å². The van der Waals surface area contributed by atoms with Crippen LogP contribution in [0.4, 0.5) is 26.3 Å². The number of esters is 2. The smallest absolute Gasteiger partial charge is 0.416 e. The van der Waals surface area contributed by atoms with Crippen LogP contribution < -0.4 is 9.47 Å². The highest BCUT2D eigenvalue weighted by molar-refractivity contribution is 6.13. The van der Waals surface area contributed by atoms with E-state index in [1.165, 1.54) is 0 Å². The van der Waals surface area contributed by atoms with Gasteiger partial charge in [-0.05, 0) is 93.7 Å². The van der Waals surface area contributed by atoms with E-state index in [0.29, 0.717) is 54.9 Å². The quantitative estimate of drug-likeness (QED) is 0.0918. The molecule has 0 aliphatic rings. The van der Waals surface area contributed by atoms with Crippen molar-refractivity contribution in [1.29, 1.82) is 0 Å². The molecule has 10 heteroatoms. The minimum atomic E-state index is -4.63. The molecule has 8 rings (SSSR count). The number of halogens is 6. The average Bonchev–Trinajstić information content (AvgIpc) is 3.23. The number of alkyl halides is 6. The molecule has 0 unspecified atom stereocenters. The third kappa shape index (κ3) is 7.39. The second-order valence-electron chi connectivity index (χ2n) is 13.4. The molecule has 0 radical (unpaired) electrons. The summed E-state index contributed by atoms with van der Waals surface area (Å²) in [4.78, 5) is 28.2. The van der Waals surface area contributed by atoms with Gasteiger partial charge in [-0.1, -0.05) is 109 Å². The molecule has 0 N–H and O–H groups in total. The standard InChI is InChI=1S/C48H28F6O4/c49-47(50,51)35-23-19-31(20-24-35)45(55)57-43-37-17-9-7-15-33(37)27-39(29-11-3-1-4-12-29)41(43)42-40(30-13-5-2-6-14-30)28-34-16-8-10-18-38(34)44(42)58-46(56)32-21-25-36(26-22-32)48(52,53)54/h1-28H. The maximum Gasteiger partial charge on any atom is 0.416 e. The van der Waals surface area contributed by atoms with Crippen LogP contribution in [0.5, 0.6) is 11.5 Å². The van der Waals surface area contributed by atoms with E-state index < -0.39 is 35.4 Å². The first kappa shape index (κ1) is 37.7. The number of ether oxygens (including phenoxy) is 2. The van der Waals surface area contributed by atoms with Crippen LogP contribution in [0.2, 0.25) is 0 Å². The number of hydrogen-bond acceptors (Lipinski definition) is 4. The second-order valence-corrected chi connectivity index (χ2v) is 13.4. The molecule has 0 heterocycles.